The highest BCUT2D eigenvalue weighted by Crippen LogP contribution is 2.24. The number of aryl methyl sites for hydroxylation is 1. The molecule has 2 heterocycles. The number of aromatic nitrogens is 1. The zero-order valence-electron chi connectivity index (χ0n) is 12.5. The third-order valence-corrected chi connectivity index (χ3v) is 4.39. The van der Waals surface area contributed by atoms with Crippen LogP contribution in [0.25, 0.3) is 0 Å². The number of hydrogen-bond donors (Lipinski definition) is 5. The maximum absolute atomic E-state index is 12.1. The van der Waals surface area contributed by atoms with Gasteiger partial charge in [0, 0.05) is 17.3 Å². The summed E-state index contributed by atoms with van der Waals surface area (Å²) in [6.07, 6.45) is -3.40. The number of fused-ring (bicyclic) bond motifs is 1. The summed E-state index contributed by atoms with van der Waals surface area (Å²) in [6, 6.07) is 1.28. The molecule has 5 atom stereocenters. The number of aliphatic hydroxyl groups is 4. The van der Waals surface area contributed by atoms with Gasteiger partial charge in [-0.25, -0.2) is 0 Å². The van der Waals surface area contributed by atoms with E-state index in [4.69, 9.17) is 14.6 Å². The van der Waals surface area contributed by atoms with E-state index >= 15 is 0 Å². The molecule has 1 fully saturated rings. The molecule has 1 saturated heterocycles. The van der Waals surface area contributed by atoms with Crippen molar-refractivity contribution < 1.29 is 29.9 Å². The van der Waals surface area contributed by atoms with Crippen LogP contribution in [0.5, 0.6) is 5.88 Å². The molecular weight excluding hydrogens is 306 g/mol. The summed E-state index contributed by atoms with van der Waals surface area (Å²) in [5.41, 5.74) is 1.42. The molecule has 3 rings (SSSR count). The average Bonchev–Trinajstić information content (AvgIpc) is 2.55. The van der Waals surface area contributed by atoms with Crippen molar-refractivity contribution in [1.29, 1.82) is 0 Å². The number of nitrogens with one attached hydrogen (secondary N) is 1. The Bertz CT molecular complexity index is 614. The Balaban J connectivity index is 1.81. The van der Waals surface area contributed by atoms with Crippen molar-refractivity contribution in [3.8, 4) is 5.88 Å². The zero-order chi connectivity index (χ0) is 16.6. The molecule has 0 amide bonds. The van der Waals surface area contributed by atoms with Crippen molar-refractivity contribution in [2.75, 3.05) is 6.61 Å². The number of hydrogen-bond acceptors (Lipinski definition) is 7. The molecule has 1 aliphatic carbocycles. The Labute approximate surface area is 132 Å². The van der Waals surface area contributed by atoms with Crippen LogP contribution in [0, 0.1) is 0 Å². The molecule has 2 unspecified atom stereocenters. The number of pyridine rings is 1. The second-order valence-electron chi connectivity index (χ2n) is 5.98. The van der Waals surface area contributed by atoms with Gasteiger partial charge in [-0.15, -0.1) is 0 Å². The summed E-state index contributed by atoms with van der Waals surface area (Å²) < 4.78 is 10.7. The van der Waals surface area contributed by atoms with Gasteiger partial charge in [0.15, 0.2) is 11.3 Å². The highest BCUT2D eigenvalue weighted by Gasteiger charge is 2.44. The Kier molecular flexibility index (Phi) is 4.69. The third-order valence-electron chi connectivity index (χ3n) is 4.39. The third kappa shape index (κ3) is 3.13. The van der Waals surface area contributed by atoms with E-state index in [1.807, 2.05) is 0 Å². The standard InChI is InChI=1S/C15H21NO7/c17-6-10-12(19)13(20)14(21)15(22-10)23-11-5-9(18)7-3-1-2-4-8(7)16-11/h5,10,12-15,17,19-21H,1-4,6H2,(H,16,18)/t10?,12-,13+,14?,15+/m1/s1. The van der Waals surface area contributed by atoms with Gasteiger partial charge in [0.05, 0.1) is 6.61 Å². The summed E-state index contributed by atoms with van der Waals surface area (Å²) in [6.45, 7) is -0.536. The Hall–Kier alpha value is -1.45. The summed E-state index contributed by atoms with van der Waals surface area (Å²) in [5, 5.41) is 38.6. The minimum absolute atomic E-state index is 0.125. The SMILES string of the molecule is O=c1cc(O[C@@H]2OC(CO)[C@@H](O)[C@H](O)C2O)[nH]c2c1CCCC2. The second kappa shape index (κ2) is 6.58. The van der Waals surface area contributed by atoms with Crippen LogP contribution < -0.4 is 10.2 Å². The minimum Gasteiger partial charge on any atom is -0.447 e. The van der Waals surface area contributed by atoms with Gasteiger partial charge < -0.3 is 34.9 Å². The predicted molar refractivity (Wildman–Crippen MR) is 78.1 cm³/mol. The lowest BCUT2D eigenvalue weighted by atomic mass is 9.96. The zero-order valence-corrected chi connectivity index (χ0v) is 12.5. The van der Waals surface area contributed by atoms with Gasteiger partial charge in [0.25, 0.3) is 0 Å². The molecule has 8 nitrogen and oxygen atoms in total. The first-order valence-electron chi connectivity index (χ1n) is 7.73. The van der Waals surface area contributed by atoms with Gasteiger partial charge in [-0.3, -0.25) is 4.79 Å². The van der Waals surface area contributed by atoms with E-state index in [2.05, 4.69) is 4.98 Å². The number of aromatic amines is 1. The lowest BCUT2D eigenvalue weighted by Gasteiger charge is -2.39. The molecular formula is C15H21NO7. The fourth-order valence-electron chi connectivity index (χ4n) is 3.06. The maximum Gasteiger partial charge on any atom is 0.230 e. The van der Waals surface area contributed by atoms with Crippen molar-refractivity contribution >= 4 is 0 Å². The molecule has 128 valence electrons. The van der Waals surface area contributed by atoms with Crippen LogP contribution in [0.15, 0.2) is 10.9 Å². The van der Waals surface area contributed by atoms with E-state index in [1.54, 1.807) is 0 Å². The largest absolute Gasteiger partial charge is 0.447 e. The predicted octanol–water partition coefficient (Wildman–Crippen LogP) is -1.57. The molecule has 1 aliphatic heterocycles. The fraction of sp³-hybridized carbons (Fsp3) is 0.667. The molecule has 0 saturated carbocycles. The first-order chi connectivity index (χ1) is 11.0. The normalized spacial score (nSPS) is 34.0. The lowest BCUT2D eigenvalue weighted by molar-refractivity contribution is -0.278. The molecule has 5 N–H and O–H groups in total. The molecule has 0 aromatic carbocycles. The van der Waals surface area contributed by atoms with Crippen LogP contribution in [0.1, 0.15) is 24.1 Å². The van der Waals surface area contributed by atoms with Gasteiger partial charge >= 0.3 is 0 Å². The van der Waals surface area contributed by atoms with Gasteiger partial charge in [-0.05, 0) is 25.7 Å². The highest BCUT2D eigenvalue weighted by molar-refractivity contribution is 5.28. The van der Waals surface area contributed by atoms with Gasteiger partial charge in [-0.1, -0.05) is 0 Å². The number of ether oxygens (including phenoxy) is 2. The van der Waals surface area contributed by atoms with E-state index in [0.29, 0.717) is 0 Å². The molecule has 23 heavy (non-hydrogen) atoms. The number of H-pyrrole nitrogens is 1. The van der Waals surface area contributed by atoms with Crippen molar-refractivity contribution in [1.82, 2.24) is 4.98 Å². The molecule has 8 heteroatoms. The van der Waals surface area contributed by atoms with Crippen molar-refractivity contribution in [3.63, 3.8) is 0 Å². The van der Waals surface area contributed by atoms with Crippen LogP contribution in [0.4, 0.5) is 0 Å². The number of rotatable bonds is 3. The van der Waals surface area contributed by atoms with Gasteiger partial charge in [0.1, 0.15) is 24.4 Å². The molecule has 2 aliphatic rings. The van der Waals surface area contributed by atoms with Gasteiger partial charge in [0.2, 0.25) is 6.29 Å². The van der Waals surface area contributed by atoms with Crippen LogP contribution in [0.2, 0.25) is 0 Å². The van der Waals surface area contributed by atoms with Crippen LogP contribution in [0.3, 0.4) is 0 Å². The summed E-state index contributed by atoms with van der Waals surface area (Å²) in [5.74, 6) is 0.125. The van der Waals surface area contributed by atoms with Crippen molar-refractivity contribution in [2.24, 2.45) is 0 Å². The van der Waals surface area contributed by atoms with Gasteiger partial charge in [-0.2, -0.15) is 0 Å². The van der Waals surface area contributed by atoms with Crippen molar-refractivity contribution in [3.05, 3.63) is 27.5 Å². The number of aliphatic hydroxyl groups excluding tert-OH is 4. The quantitative estimate of drug-likeness (QED) is 0.453. The Morgan fingerprint density at radius 2 is 1.91 bits per heavy atom. The topological polar surface area (TPSA) is 132 Å². The first-order valence-corrected chi connectivity index (χ1v) is 7.73. The smallest absolute Gasteiger partial charge is 0.230 e. The lowest BCUT2D eigenvalue weighted by Crippen LogP contribution is -2.60. The highest BCUT2D eigenvalue weighted by atomic mass is 16.7. The fourth-order valence-corrected chi connectivity index (χ4v) is 3.06. The van der Waals surface area contributed by atoms with E-state index in [-0.39, 0.29) is 11.3 Å². The summed E-state index contributed by atoms with van der Waals surface area (Å²) >= 11 is 0. The van der Waals surface area contributed by atoms with E-state index in [0.717, 1.165) is 36.9 Å². The molecule has 1 aromatic heterocycles. The van der Waals surface area contributed by atoms with E-state index < -0.39 is 37.3 Å². The Morgan fingerprint density at radius 3 is 2.65 bits per heavy atom. The molecule has 0 bridgehead atoms. The van der Waals surface area contributed by atoms with Crippen LogP contribution in [-0.4, -0.2) is 62.7 Å². The molecule has 0 spiro atoms. The maximum atomic E-state index is 12.1. The molecule has 1 aromatic rings. The monoisotopic (exact) mass is 327 g/mol. The average molecular weight is 327 g/mol. The van der Waals surface area contributed by atoms with Crippen LogP contribution in [-0.2, 0) is 17.6 Å². The van der Waals surface area contributed by atoms with Crippen molar-refractivity contribution in [2.45, 2.75) is 56.4 Å². The first kappa shape index (κ1) is 16.4. The van der Waals surface area contributed by atoms with E-state index in [1.165, 1.54) is 6.07 Å². The Morgan fingerprint density at radius 1 is 1.17 bits per heavy atom. The van der Waals surface area contributed by atoms with E-state index in [9.17, 15) is 20.1 Å². The molecule has 0 radical (unpaired) electrons. The summed E-state index contributed by atoms with van der Waals surface area (Å²) in [4.78, 5) is 15.1. The summed E-state index contributed by atoms with van der Waals surface area (Å²) in [7, 11) is 0. The minimum atomic E-state index is -1.52. The van der Waals surface area contributed by atoms with Crippen LogP contribution >= 0.6 is 0 Å². The second-order valence-corrected chi connectivity index (χ2v) is 5.98.